The van der Waals surface area contributed by atoms with Crippen LogP contribution >= 0.6 is 0 Å². The van der Waals surface area contributed by atoms with Crippen molar-refractivity contribution >= 4 is 11.7 Å². The van der Waals surface area contributed by atoms with E-state index in [-0.39, 0.29) is 22.7 Å². The van der Waals surface area contributed by atoms with Gasteiger partial charge in [0.15, 0.2) is 5.75 Å². The fraction of sp³-hybridized carbons (Fsp3) is 0. The number of anilines is 1. The summed E-state index contributed by atoms with van der Waals surface area (Å²) >= 11 is 0. The zero-order chi connectivity index (χ0) is 13.8. The first-order valence-corrected chi connectivity index (χ1v) is 5.42. The van der Waals surface area contributed by atoms with E-state index in [1.807, 2.05) is 6.07 Å². The molecule has 0 atom stereocenters. The van der Waals surface area contributed by atoms with E-state index in [0.29, 0.717) is 5.56 Å². The Hall–Kier alpha value is -3.00. The number of carboxylic acids is 1. The van der Waals surface area contributed by atoms with Crippen LogP contribution in [0.15, 0.2) is 42.5 Å². The summed E-state index contributed by atoms with van der Waals surface area (Å²) in [6, 6.07) is 13.0. The molecule has 2 aromatic carbocycles. The van der Waals surface area contributed by atoms with Crippen molar-refractivity contribution in [3.63, 3.8) is 0 Å². The van der Waals surface area contributed by atoms with E-state index >= 15 is 0 Å². The number of nitriles is 1. The molecule has 0 aliphatic rings. The van der Waals surface area contributed by atoms with Gasteiger partial charge in [0, 0.05) is 0 Å². The molecule has 2 aromatic rings. The number of para-hydroxylation sites is 2. The molecule has 0 unspecified atom stereocenters. The van der Waals surface area contributed by atoms with Crippen LogP contribution in [0.2, 0.25) is 0 Å². The maximum Gasteiger partial charge on any atom is 0.339 e. The lowest BCUT2D eigenvalue weighted by Crippen LogP contribution is -2.03. The summed E-state index contributed by atoms with van der Waals surface area (Å²) < 4.78 is 5.50. The number of benzene rings is 2. The van der Waals surface area contributed by atoms with Crippen LogP contribution in [-0.4, -0.2) is 11.1 Å². The number of hydrogen-bond acceptors (Lipinski definition) is 4. The highest BCUT2D eigenvalue weighted by Crippen LogP contribution is 2.32. The topological polar surface area (TPSA) is 96.3 Å². The van der Waals surface area contributed by atoms with Crippen LogP contribution < -0.4 is 10.5 Å². The molecule has 0 fully saturated rings. The van der Waals surface area contributed by atoms with Gasteiger partial charge in [0.25, 0.3) is 0 Å². The van der Waals surface area contributed by atoms with Gasteiger partial charge in [0.1, 0.15) is 17.4 Å². The Morgan fingerprint density at radius 2 is 1.95 bits per heavy atom. The summed E-state index contributed by atoms with van der Waals surface area (Å²) in [7, 11) is 0. The number of ether oxygens (including phenoxy) is 1. The first kappa shape index (κ1) is 12.5. The maximum atomic E-state index is 11.1. The number of aromatic carboxylic acids is 1. The lowest BCUT2D eigenvalue weighted by molar-refractivity contribution is 0.0694. The van der Waals surface area contributed by atoms with Gasteiger partial charge in [-0.25, -0.2) is 4.79 Å². The van der Waals surface area contributed by atoms with Crippen molar-refractivity contribution in [1.29, 1.82) is 5.26 Å². The molecule has 0 amide bonds. The minimum absolute atomic E-state index is 0.0395. The van der Waals surface area contributed by atoms with Gasteiger partial charge in [-0.2, -0.15) is 5.26 Å². The third-order valence-electron chi connectivity index (χ3n) is 2.50. The Morgan fingerprint density at radius 3 is 2.63 bits per heavy atom. The number of rotatable bonds is 3. The van der Waals surface area contributed by atoms with E-state index in [4.69, 9.17) is 20.8 Å². The van der Waals surface area contributed by atoms with Gasteiger partial charge in [-0.1, -0.05) is 18.2 Å². The number of hydrogen-bond donors (Lipinski definition) is 2. The van der Waals surface area contributed by atoms with Crippen LogP contribution in [0.5, 0.6) is 11.5 Å². The van der Waals surface area contributed by atoms with Crippen LogP contribution in [0, 0.1) is 11.3 Å². The van der Waals surface area contributed by atoms with E-state index in [0.717, 1.165) is 0 Å². The zero-order valence-electron chi connectivity index (χ0n) is 9.83. The Labute approximate surface area is 109 Å². The zero-order valence-corrected chi connectivity index (χ0v) is 9.83. The van der Waals surface area contributed by atoms with Crippen LogP contribution in [0.4, 0.5) is 5.69 Å². The third-order valence-corrected chi connectivity index (χ3v) is 2.50. The van der Waals surface area contributed by atoms with Gasteiger partial charge in [-0.15, -0.1) is 0 Å². The van der Waals surface area contributed by atoms with Crippen molar-refractivity contribution in [1.82, 2.24) is 0 Å². The van der Waals surface area contributed by atoms with Crippen LogP contribution in [0.25, 0.3) is 0 Å². The highest BCUT2D eigenvalue weighted by Gasteiger charge is 2.16. The standard InChI is InChI=1S/C14H10N2O3/c15-8-9-4-1-2-7-12(9)19-13-10(14(17)18)5-3-6-11(13)16/h1-7H,16H2,(H,17,18). The second-order valence-electron chi connectivity index (χ2n) is 3.74. The van der Waals surface area contributed by atoms with Gasteiger partial charge in [-0.3, -0.25) is 0 Å². The summed E-state index contributed by atoms with van der Waals surface area (Å²) in [5.74, 6) is -0.833. The van der Waals surface area contributed by atoms with Crippen LogP contribution in [0.1, 0.15) is 15.9 Å². The molecule has 0 aromatic heterocycles. The van der Waals surface area contributed by atoms with Crippen molar-refractivity contribution in [3.8, 4) is 17.6 Å². The molecule has 0 aliphatic carbocycles. The number of carboxylic acid groups (broad SMARTS) is 1. The van der Waals surface area contributed by atoms with Gasteiger partial charge in [-0.05, 0) is 24.3 Å². The molecule has 2 rings (SSSR count). The minimum atomic E-state index is -1.14. The van der Waals surface area contributed by atoms with E-state index in [1.54, 1.807) is 24.3 Å². The molecule has 94 valence electrons. The van der Waals surface area contributed by atoms with Gasteiger partial charge in [0.05, 0.1) is 11.3 Å². The largest absolute Gasteiger partial charge is 0.478 e. The lowest BCUT2D eigenvalue weighted by atomic mass is 10.1. The molecule has 0 saturated heterocycles. The predicted octanol–water partition coefficient (Wildman–Crippen LogP) is 2.63. The second-order valence-corrected chi connectivity index (χ2v) is 3.74. The van der Waals surface area contributed by atoms with Crippen molar-refractivity contribution in [2.75, 3.05) is 5.73 Å². The van der Waals surface area contributed by atoms with Crippen LogP contribution in [0.3, 0.4) is 0 Å². The fourth-order valence-corrected chi connectivity index (χ4v) is 1.60. The second kappa shape index (κ2) is 5.10. The first-order valence-electron chi connectivity index (χ1n) is 5.42. The summed E-state index contributed by atoms with van der Waals surface area (Å²) in [5, 5.41) is 18.1. The highest BCUT2D eigenvalue weighted by atomic mass is 16.5. The molecule has 0 aliphatic heterocycles. The van der Waals surface area contributed by atoms with Crippen molar-refractivity contribution in [3.05, 3.63) is 53.6 Å². The van der Waals surface area contributed by atoms with E-state index < -0.39 is 5.97 Å². The molecule has 5 heteroatoms. The summed E-state index contributed by atoms with van der Waals surface area (Å²) in [4.78, 5) is 11.1. The molecule has 3 N–H and O–H groups in total. The minimum Gasteiger partial charge on any atom is -0.478 e. The molecular formula is C14H10N2O3. The average molecular weight is 254 g/mol. The monoisotopic (exact) mass is 254 g/mol. The third kappa shape index (κ3) is 2.48. The number of nitrogen functional groups attached to an aromatic ring is 1. The van der Waals surface area contributed by atoms with Crippen molar-refractivity contribution in [2.45, 2.75) is 0 Å². The molecule has 0 spiro atoms. The average Bonchev–Trinajstić information content (AvgIpc) is 2.41. The maximum absolute atomic E-state index is 11.1. The molecule has 19 heavy (non-hydrogen) atoms. The van der Waals surface area contributed by atoms with Gasteiger partial charge >= 0.3 is 5.97 Å². The van der Waals surface area contributed by atoms with Gasteiger partial charge in [0.2, 0.25) is 0 Å². The Bertz CT molecular complexity index is 675. The van der Waals surface area contributed by atoms with E-state index in [9.17, 15) is 4.79 Å². The highest BCUT2D eigenvalue weighted by molar-refractivity contribution is 5.93. The van der Waals surface area contributed by atoms with E-state index in [2.05, 4.69) is 0 Å². The first-order chi connectivity index (χ1) is 9.13. The SMILES string of the molecule is N#Cc1ccccc1Oc1c(N)cccc1C(=O)O. The van der Waals surface area contributed by atoms with Crippen LogP contribution in [-0.2, 0) is 0 Å². The Morgan fingerprint density at radius 1 is 1.21 bits per heavy atom. The predicted molar refractivity (Wildman–Crippen MR) is 69.0 cm³/mol. The quantitative estimate of drug-likeness (QED) is 0.820. The normalized spacial score (nSPS) is 9.63. The number of nitrogens with two attached hydrogens (primary N) is 1. The molecule has 5 nitrogen and oxygen atoms in total. The molecule has 0 saturated carbocycles. The summed E-state index contributed by atoms with van der Waals surface area (Å²) in [6.07, 6.45) is 0. The number of nitrogens with zero attached hydrogens (tertiary/aromatic N) is 1. The smallest absolute Gasteiger partial charge is 0.339 e. The Balaban J connectivity index is 2.50. The molecule has 0 bridgehead atoms. The van der Waals surface area contributed by atoms with Crippen molar-refractivity contribution < 1.29 is 14.6 Å². The summed E-state index contributed by atoms with van der Waals surface area (Å²) in [5.41, 5.74) is 6.19. The van der Waals surface area contributed by atoms with E-state index in [1.165, 1.54) is 18.2 Å². The summed E-state index contributed by atoms with van der Waals surface area (Å²) in [6.45, 7) is 0. The molecular weight excluding hydrogens is 244 g/mol. The van der Waals surface area contributed by atoms with Gasteiger partial charge < -0.3 is 15.6 Å². The lowest BCUT2D eigenvalue weighted by Gasteiger charge is -2.12. The number of carbonyl (C=O) groups is 1. The fourth-order valence-electron chi connectivity index (χ4n) is 1.60. The molecule has 0 heterocycles. The van der Waals surface area contributed by atoms with Crippen molar-refractivity contribution in [2.24, 2.45) is 0 Å². The molecule has 0 radical (unpaired) electrons. The Kier molecular flexibility index (Phi) is 3.35.